The van der Waals surface area contributed by atoms with E-state index in [0.29, 0.717) is 6.61 Å². The highest BCUT2D eigenvalue weighted by Gasteiger charge is 2.21. The molecule has 1 heterocycles. The maximum absolute atomic E-state index is 11.3. The molecule has 0 saturated carbocycles. The van der Waals surface area contributed by atoms with E-state index < -0.39 is 0 Å². The van der Waals surface area contributed by atoms with Crippen LogP contribution in [-0.4, -0.2) is 32.8 Å². The predicted molar refractivity (Wildman–Crippen MR) is 98.9 cm³/mol. The van der Waals surface area contributed by atoms with Gasteiger partial charge in [0, 0.05) is 44.3 Å². The first-order valence-corrected chi connectivity index (χ1v) is 8.54. The zero-order valence-corrected chi connectivity index (χ0v) is 14.7. The summed E-state index contributed by atoms with van der Waals surface area (Å²) in [6.07, 6.45) is 0.937. The molecule has 2 aromatic carbocycles. The van der Waals surface area contributed by atoms with Crippen LogP contribution in [0.4, 0.5) is 5.69 Å². The maximum atomic E-state index is 11.3. The lowest BCUT2D eigenvalue weighted by Gasteiger charge is -2.27. The van der Waals surface area contributed by atoms with Gasteiger partial charge < -0.3 is 20.1 Å². The van der Waals surface area contributed by atoms with Crippen LogP contribution in [0.1, 0.15) is 24.9 Å². The molecule has 5 nitrogen and oxygen atoms in total. The molecular formula is C20H24N2O3. The van der Waals surface area contributed by atoms with Crippen LogP contribution in [0.25, 0.3) is 11.1 Å². The Hall–Kier alpha value is -2.37. The molecule has 3 rings (SSSR count). The Balaban J connectivity index is 1.86. The van der Waals surface area contributed by atoms with Gasteiger partial charge in [-0.15, -0.1) is 0 Å². The van der Waals surface area contributed by atoms with Crippen molar-refractivity contribution >= 4 is 11.6 Å². The molecule has 1 atom stereocenters. The van der Waals surface area contributed by atoms with E-state index in [1.165, 1.54) is 12.5 Å². The zero-order chi connectivity index (χ0) is 17.6. The number of amides is 1. The highest BCUT2D eigenvalue weighted by atomic mass is 16.5. The Morgan fingerprint density at radius 2 is 2.08 bits per heavy atom. The highest BCUT2D eigenvalue weighted by Crippen LogP contribution is 2.35. The Labute approximate surface area is 148 Å². The van der Waals surface area contributed by atoms with E-state index in [-0.39, 0.29) is 11.9 Å². The Bertz CT molecular complexity index is 745. The van der Waals surface area contributed by atoms with Gasteiger partial charge in [-0.1, -0.05) is 18.2 Å². The number of benzene rings is 2. The minimum Gasteiger partial charge on any atom is -0.493 e. The summed E-state index contributed by atoms with van der Waals surface area (Å²) < 4.78 is 10.9. The molecule has 0 aliphatic carbocycles. The average molecular weight is 340 g/mol. The Morgan fingerprint density at radius 1 is 1.24 bits per heavy atom. The van der Waals surface area contributed by atoms with Gasteiger partial charge in [-0.25, -0.2) is 0 Å². The minimum absolute atomic E-state index is 0.0709. The lowest BCUT2D eigenvalue weighted by Crippen LogP contribution is -2.29. The molecule has 0 spiro atoms. The van der Waals surface area contributed by atoms with Crippen LogP contribution in [0, 0.1) is 0 Å². The normalized spacial score (nSPS) is 16.0. The number of fused-ring (bicyclic) bond motifs is 1. The lowest BCUT2D eigenvalue weighted by atomic mass is 9.95. The number of rotatable bonds is 6. The van der Waals surface area contributed by atoms with Crippen molar-refractivity contribution in [3.63, 3.8) is 0 Å². The molecule has 2 N–H and O–H groups in total. The van der Waals surface area contributed by atoms with Crippen molar-refractivity contribution in [3.8, 4) is 16.9 Å². The molecule has 1 unspecified atom stereocenters. The van der Waals surface area contributed by atoms with Gasteiger partial charge in [-0.3, -0.25) is 4.79 Å². The summed E-state index contributed by atoms with van der Waals surface area (Å²) in [6, 6.07) is 14.4. The SMILES string of the molecule is COCCNC1CCOc2ccc(-c3cccc(NC(C)=O)c3)cc21. The van der Waals surface area contributed by atoms with Crippen molar-refractivity contribution in [3.05, 3.63) is 48.0 Å². The number of hydrogen-bond donors (Lipinski definition) is 2. The molecule has 5 heteroatoms. The van der Waals surface area contributed by atoms with Gasteiger partial charge in [0.05, 0.1) is 13.2 Å². The van der Waals surface area contributed by atoms with Gasteiger partial charge in [-0.05, 0) is 35.4 Å². The minimum atomic E-state index is -0.0709. The third-order valence-corrected chi connectivity index (χ3v) is 4.26. The van der Waals surface area contributed by atoms with Crippen molar-refractivity contribution in [1.29, 1.82) is 0 Å². The molecule has 25 heavy (non-hydrogen) atoms. The third-order valence-electron chi connectivity index (χ3n) is 4.26. The van der Waals surface area contributed by atoms with Crippen molar-refractivity contribution in [2.45, 2.75) is 19.4 Å². The molecule has 0 fully saturated rings. The van der Waals surface area contributed by atoms with E-state index in [0.717, 1.165) is 42.1 Å². The average Bonchev–Trinajstić information content (AvgIpc) is 2.61. The van der Waals surface area contributed by atoms with E-state index in [1.807, 2.05) is 30.3 Å². The van der Waals surface area contributed by atoms with Crippen molar-refractivity contribution in [2.24, 2.45) is 0 Å². The molecule has 1 aliphatic heterocycles. The highest BCUT2D eigenvalue weighted by molar-refractivity contribution is 5.89. The molecule has 1 amide bonds. The molecule has 0 aromatic heterocycles. The summed E-state index contributed by atoms with van der Waals surface area (Å²) in [5.74, 6) is 0.862. The second-order valence-electron chi connectivity index (χ2n) is 6.15. The number of nitrogens with one attached hydrogen (secondary N) is 2. The smallest absolute Gasteiger partial charge is 0.221 e. The Morgan fingerprint density at radius 3 is 2.88 bits per heavy atom. The van der Waals surface area contributed by atoms with Gasteiger partial charge >= 0.3 is 0 Å². The van der Waals surface area contributed by atoms with Crippen LogP contribution in [-0.2, 0) is 9.53 Å². The monoisotopic (exact) mass is 340 g/mol. The first-order chi connectivity index (χ1) is 12.2. The number of carbonyl (C=O) groups excluding carboxylic acids is 1. The molecular weight excluding hydrogens is 316 g/mol. The van der Waals surface area contributed by atoms with Crippen LogP contribution in [0.2, 0.25) is 0 Å². The van der Waals surface area contributed by atoms with Crippen LogP contribution >= 0.6 is 0 Å². The fourth-order valence-electron chi connectivity index (χ4n) is 3.10. The molecule has 0 saturated heterocycles. The maximum Gasteiger partial charge on any atom is 0.221 e. The van der Waals surface area contributed by atoms with Crippen molar-refractivity contribution in [1.82, 2.24) is 5.32 Å². The second-order valence-corrected chi connectivity index (χ2v) is 6.15. The summed E-state index contributed by atoms with van der Waals surface area (Å²) in [4.78, 5) is 11.3. The molecule has 0 bridgehead atoms. The summed E-state index contributed by atoms with van der Waals surface area (Å²) in [7, 11) is 1.71. The fraction of sp³-hybridized carbons (Fsp3) is 0.350. The van der Waals surface area contributed by atoms with E-state index >= 15 is 0 Å². The van der Waals surface area contributed by atoms with E-state index in [2.05, 4.69) is 22.8 Å². The summed E-state index contributed by atoms with van der Waals surface area (Å²) >= 11 is 0. The van der Waals surface area contributed by atoms with E-state index in [9.17, 15) is 4.79 Å². The van der Waals surface area contributed by atoms with Crippen molar-refractivity contribution < 1.29 is 14.3 Å². The van der Waals surface area contributed by atoms with Crippen molar-refractivity contribution in [2.75, 3.05) is 32.2 Å². The summed E-state index contributed by atoms with van der Waals surface area (Å²) in [6.45, 7) is 3.72. The quantitative estimate of drug-likeness (QED) is 0.792. The largest absolute Gasteiger partial charge is 0.493 e. The van der Waals surface area contributed by atoms with E-state index in [1.54, 1.807) is 7.11 Å². The standard InChI is InChI=1S/C20H24N2O3/c1-14(23)22-17-5-3-4-15(12-17)16-6-7-20-18(13-16)19(8-10-25-20)21-9-11-24-2/h3-7,12-13,19,21H,8-11H2,1-2H3,(H,22,23). The molecule has 1 aliphatic rings. The number of hydrogen-bond acceptors (Lipinski definition) is 4. The van der Waals surface area contributed by atoms with E-state index in [4.69, 9.17) is 9.47 Å². The van der Waals surface area contributed by atoms with Gasteiger partial charge in [-0.2, -0.15) is 0 Å². The summed E-state index contributed by atoms with van der Waals surface area (Å²) in [5, 5.41) is 6.36. The van der Waals surface area contributed by atoms with Crippen LogP contribution in [0.3, 0.4) is 0 Å². The number of methoxy groups -OCH3 is 1. The van der Waals surface area contributed by atoms with Gasteiger partial charge in [0.25, 0.3) is 0 Å². The number of carbonyl (C=O) groups is 1. The van der Waals surface area contributed by atoms with Crippen LogP contribution in [0.5, 0.6) is 5.75 Å². The lowest BCUT2D eigenvalue weighted by molar-refractivity contribution is -0.114. The van der Waals surface area contributed by atoms with Gasteiger partial charge in [0.2, 0.25) is 5.91 Å². The third kappa shape index (κ3) is 4.38. The number of anilines is 1. The fourth-order valence-corrected chi connectivity index (χ4v) is 3.10. The molecule has 2 aromatic rings. The van der Waals surface area contributed by atoms with Crippen LogP contribution < -0.4 is 15.4 Å². The molecule has 132 valence electrons. The number of ether oxygens (including phenoxy) is 2. The van der Waals surface area contributed by atoms with Crippen LogP contribution in [0.15, 0.2) is 42.5 Å². The predicted octanol–water partition coefficient (Wildman–Crippen LogP) is 3.37. The molecule has 0 radical (unpaired) electrons. The Kier molecular flexibility index (Phi) is 5.68. The van der Waals surface area contributed by atoms with Gasteiger partial charge in [0.15, 0.2) is 0 Å². The first kappa shape index (κ1) is 17.5. The zero-order valence-electron chi connectivity index (χ0n) is 14.7. The van der Waals surface area contributed by atoms with Gasteiger partial charge in [0.1, 0.15) is 5.75 Å². The summed E-state index contributed by atoms with van der Waals surface area (Å²) in [5.41, 5.74) is 4.14. The second kappa shape index (κ2) is 8.14. The topological polar surface area (TPSA) is 59.6 Å². The first-order valence-electron chi connectivity index (χ1n) is 8.54.